The van der Waals surface area contributed by atoms with Crippen LogP contribution in [0.3, 0.4) is 0 Å². The highest BCUT2D eigenvalue weighted by Crippen LogP contribution is 2.16. The van der Waals surface area contributed by atoms with Crippen molar-refractivity contribution in [3.63, 3.8) is 0 Å². The van der Waals surface area contributed by atoms with E-state index in [9.17, 15) is 19.3 Å². The quantitative estimate of drug-likeness (QED) is 0.509. The van der Waals surface area contributed by atoms with Crippen molar-refractivity contribution in [3.8, 4) is 0 Å². The van der Waals surface area contributed by atoms with Gasteiger partial charge in [0.1, 0.15) is 5.56 Å². The number of aromatic nitrogens is 2. The molecule has 4 rings (SSSR count). The van der Waals surface area contributed by atoms with E-state index in [0.717, 1.165) is 16.3 Å². The molecule has 2 aromatic heterocycles. The number of carbonyl (C=O) groups is 2. The number of carbonyl (C=O) groups excluding carboxylic acids is 2. The van der Waals surface area contributed by atoms with Crippen LogP contribution in [0.4, 0.5) is 0 Å². The summed E-state index contributed by atoms with van der Waals surface area (Å²) in [4.78, 5) is 50.2. The second-order valence-electron chi connectivity index (χ2n) is 6.18. The van der Waals surface area contributed by atoms with Gasteiger partial charge in [-0.2, -0.15) is 0 Å². The van der Waals surface area contributed by atoms with Crippen LogP contribution in [0.25, 0.3) is 21.8 Å². The first-order valence-electron chi connectivity index (χ1n) is 8.56. The van der Waals surface area contributed by atoms with Crippen molar-refractivity contribution < 1.29 is 9.59 Å². The Morgan fingerprint density at radius 1 is 1.07 bits per heavy atom. The molecule has 0 saturated carbocycles. The van der Waals surface area contributed by atoms with Crippen molar-refractivity contribution in [2.45, 2.75) is 6.92 Å². The van der Waals surface area contributed by atoms with Gasteiger partial charge >= 0.3 is 5.91 Å². The summed E-state index contributed by atoms with van der Waals surface area (Å²) in [5, 5.41) is 4.00. The predicted octanol–water partition coefficient (Wildman–Crippen LogP) is 3.08. The zero-order valence-corrected chi connectivity index (χ0v) is 15.4. The average molecular weight is 388 g/mol. The van der Waals surface area contributed by atoms with Gasteiger partial charge in [0.15, 0.2) is 0 Å². The molecule has 29 heavy (non-hydrogen) atoms. The van der Waals surface area contributed by atoms with Gasteiger partial charge in [-0.3, -0.25) is 19.4 Å². The number of nitrogens with two attached hydrogens (primary N) is 1. The smallest absolute Gasteiger partial charge is 0.318 e. The Balaban J connectivity index is 0.000000166. The number of H-pyrrole nitrogens is 1. The fraction of sp³-hybridized carbons (Fsp3) is 0.0476. The SMILES string of the molecule is Cc1c(C(N)=O)c(=O)[nH]c2ccccc12.O=NC(=O)c1cnc2ccccc2c1. The normalized spacial score (nSPS) is 10.2. The van der Waals surface area contributed by atoms with Crippen LogP contribution < -0.4 is 11.3 Å². The Labute approximate surface area is 164 Å². The number of nitrogens with zero attached hydrogens (tertiary/aromatic N) is 2. The fourth-order valence-electron chi connectivity index (χ4n) is 2.95. The Morgan fingerprint density at radius 3 is 2.48 bits per heavy atom. The molecule has 0 bridgehead atoms. The summed E-state index contributed by atoms with van der Waals surface area (Å²) in [6.07, 6.45) is 1.35. The minimum atomic E-state index is -0.789. The van der Waals surface area contributed by atoms with Crippen molar-refractivity contribution in [3.05, 3.63) is 92.7 Å². The van der Waals surface area contributed by atoms with Crippen LogP contribution in [0.1, 0.15) is 26.3 Å². The first-order valence-corrected chi connectivity index (χ1v) is 8.56. The first-order chi connectivity index (χ1) is 13.9. The van der Waals surface area contributed by atoms with E-state index in [1.54, 1.807) is 19.1 Å². The third-order valence-corrected chi connectivity index (χ3v) is 4.35. The van der Waals surface area contributed by atoms with Crippen LogP contribution in [0.2, 0.25) is 0 Å². The second-order valence-corrected chi connectivity index (χ2v) is 6.18. The van der Waals surface area contributed by atoms with Crippen LogP contribution in [0.15, 0.2) is 70.8 Å². The largest absolute Gasteiger partial charge is 0.365 e. The summed E-state index contributed by atoms with van der Waals surface area (Å²) in [5.41, 5.74) is 7.10. The number of para-hydroxylation sites is 2. The molecule has 2 amide bonds. The van der Waals surface area contributed by atoms with Crippen molar-refractivity contribution in [2.75, 3.05) is 0 Å². The van der Waals surface area contributed by atoms with Gasteiger partial charge in [-0.1, -0.05) is 36.4 Å². The molecule has 144 valence electrons. The van der Waals surface area contributed by atoms with Gasteiger partial charge in [0.05, 0.1) is 11.1 Å². The standard InChI is InChI=1S/C11H10N2O2.C10H6N2O2/c1-6-7-4-2-3-5-8(7)13-11(15)9(6)10(12)14;13-10(12-14)8-5-7-3-1-2-4-9(7)11-6-8/h2-5H,1H3,(H2,12,14)(H,13,15);1-6H. The summed E-state index contributed by atoms with van der Waals surface area (Å²) in [7, 11) is 0. The Bertz CT molecular complexity index is 1310. The van der Waals surface area contributed by atoms with Crippen LogP contribution in [0.5, 0.6) is 0 Å². The maximum absolute atomic E-state index is 11.5. The molecule has 8 heteroatoms. The first kappa shape index (κ1) is 19.6. The minimum absolute atomic E-state index is 0.0358. The highest BCUT2D eigenvalue weighted by atomic mass is 16.3. The van der Waals surface area contributed by atoms with E-state index in [4.69, 9.17) is 5.73 Å². The number of hydrogen-bond acceptors (Lipinski definition) is 5. The van der Waals surface area contributed by atoms with E-state index in [2.05, 4.69) is 15.1 Å². The van der Waals surface area contributed by atoms with Gasteiger partial charge in [0.2, 0.25) is 0 Å². The lowest BCUT2D eigenvalue weighted by atomic mass is 10.0. The summed E-state index contributed by atoms with van der Waals surface area (Å²) in [6, 6.07) is 16.2. The molecular formula is C21H16N4O4. The third-order valence-electron chi connectivity index (χ3n) is 4.35. The van der Waals surface area contributed by atoms with Gasteiger partial charge in [-0.25, -0.2) is 0 Å². The molecule has 2 heterocycles. The van der Waals surface area contributed by atoms with E-state index in [0.29, 0.717) is 11.1 Å². The van der Waals surface area contributed by atoms with Crippen LogP contribution in [-0.2, 0) is 0 Å². The minimum Gasteiger partial charge on any atom is -0.365 e. The molecule has 8 nitrogen and oxygen atoms in total. The number of aromatic amines is 1. The predicted molar refractivity (Wildman–Crippen MR) is 110 cm³/mol. The molecular weight excluding hydrogens is 372 g/mol. The number of primary amides is 1. The summed E-state index contributed by atoms with van der Waals surface area (Å²) < 4.78 is 0. The van der Waals surface area contributed by atoms with Gasteiger partial charge in [0, 0.05) is 27.7 Å². The highest BCUT2D eigenvalue weighted by Gasteiger charge is 2.13. The van der Waals surface area contributed by atoms with Gasteiger partial charge < -0.3 is 10.7 Å². The summed E-state index contributed by atoms with van der Waals surface area (Å²) in [5.74, 6) is -1.48. The van der Waals surface area contributed by atoms with Crippen molar-refractivity contribution in [1.82, 2.24) is 9.97 Å². The lowest BCUT2D eigenvalue weighted by Gasteiger charge is -2.05. The molecule has 0 aliphatic heterocycles. The fourth-order valence-corrected chi connectivity index (χ4v) is 2.95. The van der Waals surface area contributed by atoms with Gasteiger partial charge in [-0.05, 0) is 30.7 Å². The van der Waals surface area contributed by atoms with E-state index >= 15 is 0 Å². The van der Waals surface area contributed by atoms with Crippen molar-refractivity contribution in [1.29, 1.82) is 0 Å². The number of benzene rings is 2. The Hall–Kier alpha value is -4.20. The lowest BCUT2D eigenvalue weighted by molar-refractivity contribution is 0.0991. The van der Waals surface area contributed by atoms with Crippen molar-refractivity contribution >= 4 is 33.6 Å². The maximum atomic E-state index is 11.5. The molecule has 0 fully saturated rings. The zero-order valence-electron chi connectivity index (χ0n) is 15.4. The number of nitroso groups, excluding NO2 is 1. The monoisotopic (exact) mass is 388 g/mol. The van der Waals surface area contributed by atoms with Gasteiger partial charge in [0.25, 0.3) is 11.5 Å². The topological polar surface area (TPSA) is 135 Å². The van der Waals surface area contributed by atoms with Crippen LogP contribution in [0, 0.1) is 11.8 Å². The lowest BCUT2D eigenvalue weighted by Crippen LogP contribution is -2.25. The molecule has 0 aliphatic rings. The number of aryl methyl sites for hydroxylation is 1. The van der Waals surface area contributed by atoms with E-state index in [1.165, 1.54) is 6.20 Å². The molecule has 4 aromatic rings. The number of amides is 2. The van der Waals surface area contributed by atoms with Gasteiger partial charge in [-0.15, -0.1) is 4.91 Å². The number of rotatable bonds is 2. The molecule has 0 atom stereocenters. The van der Waals surface area contributed by atoms with Crippen LogP contribution in [-0.4, -0.2) is 21.8 Å². The van der Waals surface area contributed by atoms with Crippen LogP contribution >= 0.6 is 0 Å². The number of fused-ring (bicyclic) bond motifs is 2. The maximum Gasteiger partial charge on any atom is 0.318 e. The molecule has 0 aliphatic carbocycles. The molecule has 0 radical (unpaired) electrons. The molecule has 3 N–H and O–H groups in total. The average Bonchev–Trinajstić information content (AvgIpc) is 2.73. The Kier molecular flexibility index (Phi) is 5.54. The molecule has 0 unspecified atom stereocenters. The molecule has 0 spiro atoms. The van der Waals surface area contributed by atoms with E-state index in [-0.39, 0.29) is 11.1 Å². The zero-order chi connectivity index (χ0) is 21.0. The number of hydrogen-bond donors (Lipinski definition) is 2. The summed E-state index contributed by atoms with van der Waals surface area (Å²) in [6.45, 7) is 1.72. The van der Waals surface area contributed by atoms with E-state index in [1.807, 2.05) is 42.5 Å². The van der Waals surface area contributed by atoms with E-state index < -0.39 is 17.4 Å². The number of nitrogens with one attached hydrogen (secondary N) is 1. The molecule has 0 saturated heterocycles. The second kappa shape index (κ2) is 8.22. The Morgan fingerprint density at radius 2 is 1.76 bits per heavy atom. The molecule has 2 aromatic carbocycles. The van der Waals surface area contributed by atoms with Crippen molar-refractivity contribution in [2.24, 2.45) is 10.9 Å². The third kappa shape index (κ3) is 4.06. The summed E-state index contributed by atoms with van der Waals surface area (Å²) >= 11 is 0. The highest BCUT2D eigenvalue weighted by molar-refractivity contribution is 5.99. The number of pyridine rings is 2.